The summed E-state index contributed by atoms with van der Waals surface area (Å²) in [6.07, 6.45) is 7.68. The van der Waals surface area contributed by atoms with Gasteiger partial charge in [-0.15, -0.1) is 0 Å². The molecule has 1 saturated carbocycles. The van der Waals surface area contributed by atoms with Crippen molar-refractivity contribution in [1.82, 2.24) is 0 Å². The molecule has 14 heavy (non-hydrogen) atoms. The van der Waals surface area contributed by atoms with Crippen LogP contribution >= 0.6 is 0 Å². The smallest absolute Gasteiger partial charge is 0.327 e. The van der Waals surface area contributed by atoms with E-state index < -0.39 is 5.97 Å². The van der Waals surface area contributed by atoms with Crippen molar-refractivity contribution in [2.45, 2.75) is 38.7 Å². The van der Waals surface area contributed by atoms with E-state index in [0.29, 0.717) is 12.0 Å². The fourth-order valence-electron chi connectivity index (χ4n) is 1.90. The number of carbonyl (C=O) groups is 1. The zero-order chi connectivity index (χ0) is 10.4. The van der Waals surface area contributed by atoms with Crippen molar-refractivity contribution < 1.29 is 14.6 Å². The molecule has 3 heteroatoms. The average Bonchev–Trinajstić information content (AvgIpc) is 2.17. The summed E-state index contributed by atoms with van der Waals surface area (Å²) in [5, 5.41) is 8.47. The van der Waals surface area contributed by atoms with Crippen LogP contribution in [0.25, 0.3) is 0 Å². The van der Waals surface area contributed by atoms with Crippen LogP contribution in [0.5, 0.6) is 0 Å². The molecule has 1 N–H and O–H groups in total. The van der Waals surface area contributed by atoms with Gasteiger partial charge < -0.3 is 9.84 Å². The molecule has 0 bridgehead atoms. The maximum absolute atomic E-state index is 10.3. The summed E-state index contributed by atoms with van der Waals surface area (Å²) in [7, 11) is 0. The molecule has 1 rings (SSSR count). The molecule has 0 heterocycles. The second-order valence-electron chi connectivity index (χ2n) is 3.69. The molecular formula is C11H18O3. The highest BCUT2D eigenvalue weighted by Crippen LogP contribution is 2.26. The van der Waals surface area contributed by atoms with Crippen LogP contribution in [-0.4, -0.2) is 23.8 Å². The van der Waals surface area contributed by atoms with Crippen molar-refractivity contribution in [3.63, 3.8) is 0 Å². The van der Waals surface area contributed by atoms with Crippen LogP contribution in [-0.2, 0) is 9.53 Å². The van der Waals surface area contributed by atoms with Crippen LogP contribution in [0.2, 0.25) is 0 Å². The molecule has 1 aliphatic rings. The molecule has 1 fully saturated rings. The predicted octanol–water partition coefficient (Wildman–Crippen LogP) is 2.22. The number of rotatable bonds is 4. The minimum Gasteiger partial charge on any atom is -0.478 e. The lowest BCUT2D eigenvalue weighted by Crippen LogP contribution is -2.20. The first kappa shape index (κ1) is 11.2. The monoisotopic (exact) mass is 198 g/mol. The van der Waals surface area contributed by atoms with E-state index >= 15 is 0 Å². The summed E-state index contributed by atoms with van der Waals surface area (Å²) in [6, 6.07) is 0. The Morgan fingerprint density at radius 2 is 2.07 bits per heavy atom. The zero-order valence-corrected chi connectivity index (χ0v) is 8.61. The normalized spacial score (nSPS) is 28.1. The molecule has 0 aromatic carbocycles. The number of hydrogen-bond donors (Lipinski definition) is 1. The molecule has 0 spiro atoms. The van der Waals surface area contributed by atoms with Gasteiger partial charge in [0.2, 0.25) is 0 Å². The maximum atomic E-state index is 10.3. The summed E-state index contributed by atoms with van der Waals surface area (Å²) < 4.78 is 5.52. The largest absolute Gasteiger partial charge is 0.478 e. The van der Waals surface area contributed by atoms with Gasteiger partial charge in [-0.2, -0.15) is 0 Å². The third kappa shape index (κ3) is 3.92. The van der Waals surface area contributed by atoms with Crippen molar-refractivity contribution >= 4 is 5.97 Å². The average molecular weight is 198 g/mol. The Morgan fingerprint density at radius 1 is 1.43 bits per heavy atom. The molecule has 0 saturated heterocycles. The van der Waals surface area contributed by atoms with Crippen LogP contribution in [0, 0.1) is 5.92 Å². The van der Waals surface area contributed by atoms with E-state index in [-0.39, 0.29) is 0 Å². The lowest BCUT2D eigenvalue weighted by molar-refractivity contribution is -0.131. The Hall–Kier alpha value is -0.830. The molecule has 1 aliphatic carbocycles. The summed E-state index contributed by atoms with van der Waals surface area (Å²) in [5.41, 5.74) is 0. The Bertz CT molecular complexity index is 203. The van der Waals surface area contributed by atoms with Gasteiger partial charge in [0.1, 0.15) is 0 Å². The fraction of sp³-hybridized carbons (Fsp3) is 0.727. The van der Waals surface area contributed by atoms with Crippen molar-refractivity contribution in [1.29, 1.82) is 0 Å². The molecule has 0 unspecified atom stereocenters. The van der Waals surface area contributed by atoms with Gasteiger partial charge in [-0.3, -0.25) is 0 Å². The van der Waals surface area contributed by atoms with Gasteiger partial charge in [0.25, 0.3) is 0 Å². The van der Waals surface area contributed by atoms with Gasteiger partial charge in [-0.05, 0) is 38.5 Å². The number of carboxylic acids is 1. The van der Waals surface area contributed by atoms with E-state index in [0.717, 1.165) is 32.3 Å². The molecular weight excluding hydrogens is 180 g/mol. The number of aliphatic carboxylic acids is 1. The molecule has 0 atom stereocenters. The second-order valence-corrected chi connectivity index (χ2v) is 3.69. The van der Waals surface area contributed by atoms with Crippen LogP contribution in [0.4, 0.5) is 0 Å². The van der Waals surface area contributed by atoms with E-state index in [1.807, 2.05) is 13.0 Å². The van der Waals surface area contributed by atoms with Gasteiger partial charge in [0, 0.05) is 12.7 Å². The second kappa shape index (κ2) is 5.81. The molecule has 0 aliphatic heterocycles. The standard InChI is InChI=1S/C11H18O3/c1-2-14-10-6-3-9(4-7-10)5-8-11(12)13/h5,8-10H,2-4,6-7H2,1H3,(H,12,13)/b8-5+. The third-order valence-electron chi connectivity index (χ3n) is 2.63. The first-order valence-electron chi connectivity index (χ1n) is 5.25. The third-order valence-corrected chi connectivity index (χ3v) is 2.63. The van der Waals surface area contributed by atoms with Crippen molar-refractivity contribution in [2.75, 3.05) is 6.61 Å². The zero-order valence-electron chi connectivity index (χ0n) is 8.61. The van der Waals surface area contributed by atoms with Crippen molar-refractivity contribution in [3.05, 3.63) is 12.2 Å². The summed E-state index contributed by atoms with van der Waals surface area (Å²) in [6.45, 7) is 2.79. The first-order valence-corrected chi connectivity index (χ1v) is 5.25. The maximum Gasteiger partial charge on any atom is 0.327 e. The summed E-state index contributed by atoms with van der Waals surface area (Å²) in [5.74, 6) is -0.417. The van der Waals surface area contributed by atoms with E-state index in [4.69, 9.17) is 9.84 Å². The highest BCUT2D eigenvalue weighted by molar-refractivity contribution is 5.79. The van der Waals surface area contributed by atoms with E-state index in [1.54, 1.807) is 0 Å². The van der Waals surface area contributed by atoms with Gasteiger partial charge in [0.05, 0.1) is 6.10 Å². The summed E-state index contributed by atoms with van der Waals surface area (Å²) in [4.78, 5) is 10.3. The molecule has 0 aromatic heterocycles. The lowest BCUT2D eigenvalue weighted by Gasteiger charge is -2.26. The van der Waals surface area contributed by atoms with Crippen molar-refractivity contribution in [3.8, 4) is 0 Å². The molecule has 3 nitrogen and oxygen atoms in total. The quantitative estimate of drug-likeness (QED) is 0.704. The molecule has 80 valence electrons. The Kier molecular flexibility index (Phi) is 4.66. The highest BCUT2D eigenvalue weighted by atomic mass is 16.5. The Morgan fingerprint density at radius 3 is 2.57 bits per heavy atom. The number of hydrogen-bond acceptors (Lipinski definition) is 2. The fourth-order valence-corrected chi connectivity index (χ4v) is 1.90. The first-order chi connectivity index (χ1) is 6.72. The highest BCUT2D eigenvalue weighted by Gasteiger charge is 2.19. The van der Waals surface area contributed by atoms with E-state index in [9.17, 15) is 4.79 Å². The minimum atomic E-state index is -0.850. The van der Waals surface area contributed by atoms with E-state index in [2.05, 4.69) is 0 Å². The Labute approximate surface area is 84.8 Å². The van der Waals surface area contributed by atoms with E-state index in [1.165, 1.54) is 6.08 Å². The van der Waals surface area contributed by atoms with Crippen LogP contribution in [0.15, 0.2) is 12.2 Å². The van der Waals surface area contributed by atoms with Gasteiger partial charge in [-0.1, -0.05) is 6.08 Å². The number of allylic oxidation sites excluding steroid dienone is 1. The minimum absolute atomic E-state index is 0.398. The topological polar surface area (TPSA) is 46.5 Å². The summed E-state index contributed by atoms with van der Waals surface area (Å²) >= 11 is 0. The van der Waals surface area contributed by atoms with Crippen LogP contribution in [0.1, 0.15) is 32.6 Å². The molecule has 0 amide bonds. The van der Waals surface area contributed by atoms with Crippen LogP contribution in [0.3, 0.4) is 0 Å². The Balaban J connectivity index is 2.25. The van der Waals surface area contributed by atoms with Gasteiger partial charge >= 0.3 is 5.97 Å². The van der Waals surface area contributed by atoms with Gasteiger partial charge in [-0.25, -0.2) is 4.79 Å². The van der Waals surface area contributed by atoms with Gasteiger partial charge in [0.15, 0.2) is 0 Å². The molecule has 0 radical (unpaired) electrons. The van der Waals surface area contributed by atoms with Crippen molar-refractivity contribution in [2.24, 2.45) is 5.92 Å². The molecule has 0 aromatic rings. The number of ether oxygens (including phenoxy) is 1. The SMILES string of the molecule is CCOC1CCC(/C=C/C(=O)O)CC1. The lowest BCUT2D eigenvalue weighted by atomic mass is 9.87. The number of carboxylic acid groups (broad SMARTS) is 1. The van der Waals surface area contributed by atoms with Crippen LogP contribution < -0.4 is 0 Å². The predicted molar refractivity (Wildman–Crippen MR) is 54.1 cm³/mol.